The molecule has 3 aromatic heterocycles. The summed E-state index contributed by atoms with van der Waals surface area (Å²) in [7, 11) is 0. The number of carbonyl (C=O) groups excluding carboxylic acids is 1. The Kier molecular flexibility index (Phi) is 4.43. The van der Waals surface area contributed by atoms with Crippen LogP contribution in [0.25, 0.3) is 11.0 Å². The minimum atomic E-state index is -0.613. The predicted octanol–water partition coefficient (Wildman–Crippen LogP) is 1.72. The molecule has 1 aliphatic rings. The summed E-state index contributed by atoms with van der Waals surface area (Å²) in [4.78, 5) is 31.7. The van der Waals surface area contributed by atoms with Gasteiger partial charge >= 0.3 is 0 Å². The van der Waals surface area contributed by atoms with Crippen LogP contribution in [-0.2, 0) is 4.79 Å². The number of H-pyrrole nitrogens is 1. The van der Waals surface area contributed by atoms with Crippen molar-refractivity contribution < 1.29 is 4.79 Å². The third kappa shape index (κ3) is 2.77. The van der Waals surface area contributed by atoms with Crippen LogP contribution in [0.5, 0.6) is 0 Å². The average Bonchev–Trinajstić information content (AvgIpc) is 3.32. The number of rotatable bonds is 4. The fourth-order valence-electron chi connectivity index (χ4n) is 3.40. The molecule has 4 heterocycles. The molecule has 136 valence electrons. The highest BCUT2D eigenvalue weighted by Crippen LogP contribution is 2.38. The molecule has 4 N–H and O–H groups in total. The van der Waals surface area contributed by atoms with E-state index in [-0.39, 0.29) is 5.91 Å². The van der Waals surface area contributed by atoms with Crippen LogP contribution in [0.3, 0.4) is 0 Å². The Labute approximate surface area is 154 Å². The van der Waals surface area contributed by atoms with E-state index in [9.17, 15) is 4.79 Å². The maximum absolute atomic E-state index is 13.7. The summed E-state index contributed by atoms with van der Waals surface area (Å²) in [6.07, 6.45) is 4.66. The predicted molar refractivity (Wildman–Crippen MR) is 101 cm³/mol. The van der Waals surface area contributed by atoms with Crippen molar-refractivity contribution in [3.8, 4) is 0 Å². The van der Waals surface area contributed by atoms with Gasteiger partial charge in [0.1, 0.15) is 12.0 Å². The molecule has 0 aliphatic carbocycles. The number of piperidine rings is 1. The molecule has 0 radical (unpaired) electrons. The Morgan fingerprint density at radius 1 is 1.38 bits per heavy atom. The van der Waals surface area contributed by atoms with Gasteiger partial charge in [-0.3, -0.25) is 4.79 Å². The van der Waals surface area contributed by atoms with Gasteiger partial charge in [0.05, 0.1) is 16.5 Å². The van der Waals surface area contributed by atoms with Crippen molar-refractivity contribution in [2.75, 3.05) is 24.5 Å². The number of aromatic nitrogens is 4. The van der Waals surface area contributed by atoms with Gasteiger partial charge in [0, 0.05) is 18.1 Å². The molecule has 0 saturated carbocycles. The number of nitrogens with two attached hydrogens (primary N) is 1. The summed E-state index contributed by atoms with van der Waals surface area (Å²) in [6.45, 7) is 3.77. The lowest BCUT2D eigenvalue weighted by atomic mass is 9.77. The molecule has 0 spiro atoms. The summed E-state index contributed by atoms with van der Waals surface area (Å²) in [5.74, 6) is 0.499. The normalized spacial score (nSPS) is 16.7. The van der Waals surface area contributed by atoms with E-state index in [0.717, 1.165) is 24.2 Å². The Hall–Kier alpha value is -2.36. The number of anilines is 2. The number of carbonyl (C=O) groups is 1. The Balaban J connectivity index is 1.86. The summed E-state index contributed by atoms with van der Waals surface area (Å²) in [6, 6.07) is 1.88. The van der Waals surface area contributed by atoms with Gasteiger partial charge in [-0.25, -0.2) is 19.9 Å². The van der Waals surface area contributed by atoms with E-state index < -0.39 is 5.41 Å². The van der Waals surface area contributed by atoms with E-state index in [0.29, 0.717) is 36.0 Å². The van der Waals surface area contributed by atoms with Crippen LogP contribution < -0.4 is 16.0 Å². The number of thiazole rings is 1. The van der Waals surface area contributed by atoms with Crippen LogP contribution in [0.15, 0.2) is 24.0 Å². The number of aromatic amines is 1. The van der Waals surface area contributed by atoms with Gasteiger partial charge in [0.2, 0.25) is 5.91 Å². The third-order valence-corrected chi connectivity index (χ3v) is 5.89. The second kappa shape index (κ2) is 6.75. The highest BCUT2D eigenvalue weighted by atomic mass is 32.1. The number of amides is 1. The molecular formula is C17H21N7OS. The smallest absolute Gasteiger partial charge is 0.242 e. The summed E-state index contributed by atoms with van der Waals surface area (Å²) < 4.78 is 0. The van der Waals surface area contributed by atoms with Gasteiger partial charge in [-0.2, -0.15) is 0 Å². The average molecular weight is 371 g/mol. The molecule has 8 nitrogen and oxygen atoms in total. The molecule has 1 aliphatic heterocycles. The number of aryl methyl sites for hydroxylation is 1. The topological polar surface area (TPSA) is 113 Å². The minimum absolute atomic E-state index is 0.0444. The molecule has 26 heavy (non-hydrogen) atoms. The van der Waals surface area contributed by atoms with Gasteiger partial charge in [-0.1, -0.05) is 0 Å². The van der Waals surface area contributed by atoms with Crippen LogP contribution in [0.4, 0.5) is 10.9 Å². The molecule has 1 fully saturated rings. The van der Waals surface area contributed by atoms with Crippen LogP contribution in [0, 0.1) is 12.3 Å². The lowest BCUT2D eigenvalue weighted by Crippen LogP contribution is -2.52. The van der Waals surface area contributed by atoms with E-state index >= 15 is 0 Å². The SMILES string of the molecule is Cc1csc(N(C(=O)C2(CN)CCNCC2)c2ncnc3[nH]ccc23)n1. The van der Waals surface area contributed by atoms with Gasteiger partial charge in [0.15, 0.2) is 10.9 Å². The van der Waals surface area contributed by atoms with Crippen LogP contribution >= 0.6 is 11.3 Å². The first-order valence-corrected chi connectivity index (χ1v) is 9.48. The summed E-state index contributed by atoms with van der Waals surface area (Å²) >= 11 is 1.43. The highest BCUT2D eigenvalue weighted by molar-refractivity contribution is 7.14. The van der Waals surface area contributed by atoms with Gasteiger partial charge in [-0.15, -0.1) is 11.3 Å². The lowest BCUT2D eigenvalue weighted by molar-refractivity contribution is -0.128. The first-order valence-electron chi connectivity index (χ1n) is 8.60. The molecule has 0 unspecified atom stereocenters. The number of nitrogens with one attached hydrogen (secondary N) is 2. The van der Waals surface area contributed by atoms with Crippen molar-refractivity contribution in [3.05, 3.63) is 29.7 Å². The first-order chi connectivity index (χ1) is 12.6. The largest absolute Gasteiger partial charge is 0.346 e. The fourth-order valence-corrected chi connectivity index (χ4v) is 4.20. The van der Waals surface area contributed by atoms with E-state index in [1.54, 1.807) is 11.1 Å². The molecule has 1 amide bonds. The quantitative estimate of drug-likeness (QED) is 0.644. The number of hydrogen-bond donors (Lipinski definition) is 3. The monoisotopic (exact) mass is 371 g/mol. The van der Waals surface area contributed by atoms with Gasteiger partial charge < -0.3 is 16.0 Å². The van der Waals surface area contributed by atoms with Crippen molar-refractivity contribution in [1.29, 1.82) is 0 Å². The number of nitrogens with zero attached hydrogens (tertiary/aromatic N) is 4. The Bertz CT molecular complexity index is 928. The van der Waals surface area contributed by atoms with Crippen molar-refractivity contribution >= 4 is 39.2 Å². The van der Waals surface area contributed by atoms with Crippen molar-refractivity contribution in [3.63, 3.8) is 0 Å². The lowest BCUT2D eigenvalue weighted by Gasteiger charge is -2.38. The molecule has 1 saturated heterocycles. The molecule has 9 heteroatoms. The van der Waals surface area contributed by atoms with Crippen molar-refractivity contribution in [2.45, 2.75) is 19.8 Å². The zero-order valence-corrected chi connectivity index (χ0v) is 15.3. The Morgan fingerprint density at radius 3 is 2.88 bits per heavy atom. The second-order valence-electron chi connectivity index (χ2n) is 6.58. The maximum Gasteiger partial charge on any atom is 0.242 e. The van der Waals surface area contributed by atoms with Crippen molar-refractivity contribution in [1.82, 2.24) is 25.3 Å². The fraction of sp³-hybridized carbons (Fsp3) is 0.412. The van der Waals surface area contributed by atoms with Crippen LogP contribution in [0.2, 0.25) is 0 Å². The van der Waals surface area contributed by atoms with E-state index in [1.165, 1.54) is 17.7 Å². The van der Waals surface area contributed by atoms with E-state index in [2.05, 4.69) is 25.3 Å². The zero-order chi connectivity index (χ0) is 18.1. The molecule has 3 aromatic rings. The summed E-state index contributed by atoms with van der Waals surface area (Å²) in [5, 5.41) is 6.64. The highest BCUT2D eigenvalue weighted by Gasteiger charge is 2.43. The molecule has 0 bridgehead atoms. The van der Waals surface area contributed by atoms with Crippen LogP contribution in [-0.4, -0.2) is 45.5 Å². The third-order valence-electron chi connectivity index (χ3n) is 4.95. The molecule has 0 atom stereocenters. The minimum Gasteiger partial charge on any atom is -0.346 e. The van der Waals surface area contributed by atoms with Gasteiger partial charge in [-0.05, 0) is 38.9 Å². The van der Waals surface area contributed by atoms with Crippen LogP contribution in [0.1, 0.15) is 18.5 Å². The van der Waals surface area contributed by atoms with Gasteiger partial charge in [0.25, 0.3) is 0 Å². The number of fused-ring (bicyclic) bond motifs is 1. The standard InChI is InChI=1S/C17H21N7OS/c1-11-8-26-16(23-11)24(14-12-2-5-20-13(12)21-10-22-14)15(25)17(9-18)3-6-19-7-4-17/h2,5,8,10,19H,3-4,6-7,9,18H2,1H3,(H,20,21,22). The molecule has 0 aromatic carbocycles. The van der Waals surface area contributed by atoms with E-state index in [1.807, 2.05) is 18.4 Å². The van der Waals surface area contributed by atoms with E-state index in [4.69, 9.17) is 5.73 Å². The first kappa shape index (κ1) is 17.1. The molecule has 4 rings (SSSR count). The summed E-state index contributed by atoms with van der Waals surface area (Å²) in [5.41, 5.74) is 7.04. The maximum atomic E-state index is 13.7. The number of hydrogen-bond acceptors (Lipinski definition) is 7. The molecular weight excluding hydrogens is 350 g/mol. The zero-order valence-electron chi connectivity index (χ0n) is 14.5. The van der Waals surface area contributed by atoms with Crippen molar-refractivity contribution in [2.24, 2.45) is 11.1 Å². The Morgan fingerprint density at radius 2 is 2.19 bits per heavy atom. The second-order valence-corrected chi connectivity index (χ2v) is 7.42.